The first-order valence-electron chi connectivity index (χ1n) is 10.5. The highest BCUT2D eigenvalue weighted by atomic mass is 16.5. The van der Waals surface area contributed by atoms with Crippen LogP contribution in [0.2, 0.25) is 0 Å². The van der Waals surface area contributed by atoms with Gasteiger partial charge in [0.05, 0.1) is 21.3 Å². The number of piperidine rings is 1. The number of nitrogens with one attached hydrogen (secondary N) is 1. The average Bonchev–Trinajstić information content (AvgIpc) is 2.77. The molecule has 1 N–H and O–H groups in total. The van der Waals surface area contributed by atoms with Crippen molar-refractivity contribution in [3.63, 3.8) is 0 Å². The molecule has 1 unspecified atom stereocenters. The third kappa shape index (κ3) is 5.89. The van der Waals surface area contributed by atoms with E-state index < -0.39 is 0 Å². The van der Waals surface area contributed by atoms with Crippen molar-refractivity contribution in [3.05, 3.63) is 53.6 Å². The Labute approximate surface area is 179 Å². The summed E-state index contributed by atoms with van der Waals surface area (Å²) >= 11 is 0. The molecule has 30 heavy (non-hydrogen) atoms. The van der Waals surface area contributed by atoms with Gasteiger partial charge in [-0.1, -0.05) is 30.3 Å². The summed E-state index contributed by atoms with van der Waals surface area (Å²) in [4.78, 5) is 15.0. The van der Waals surface area contributed by atoms with Crippen molar-refractivity contribution < 1.29 is 19.0 Å². The van der Waals surface area contributed by atoms with Crippen LogP contribution in [0.15, 0.2) is 42.5 Å². The van der Waals surface area contributed by atoms with E-state index in [0.717, 1.165) is 38.0 Å². The lowest BCUT2D eigenvalue weighted by molar-refractivity contribution is -0.122. The summed E-state index contributed by atoms with van der Waals surface area (Å²) in [6.45, 7) is 2.90. The topological polar surface area (TPSA) is 60.0 Å². The minimum absolute atomic E-state index is 0.0790. The number of amides is 1. The van der Waals surface area contributed by atoms with Crippen molar-refractivity contribution in [3.8, 4) is 17.2 Å². The van der Waals surface area contributed by atoms with Crippen molar-refractivity contribution in [2.75, 3.05) is 34.4 Å². The van der Waals surface area contributed by atoms with E-state index in [-0.39, 0.29) is 11.9 Å². The summed E-state index contributed by atoms with van der Waals surface area (Å²) in [5.41, 5.74) is 2.29. The number of hydrogen-bond donors (Lipinski definition) is 1. The third-order valence-corrected chi connectivity index (χ3v) is 5.48. The first-order valence-corrected chi connectivity index (χ1v) is 10.5. The van der Waals surface area contributed by atoms with Gasteiger partial charge < -0.3 is 19.5 Å². The van der Waals surface area contributed by atoms with Gasteiger partial charge in [-0.25, -0.2) is 0 Å². The maximum atomic E-state index is 12.6. The minimum atomic E-state index is 0.0790. The lowest BCUT2D eigenvalue weighted by Gasteiger charge is -2.33. The quantitative estimate of drug-likeness (QED) is 0.684. The highest BCUT2D eigenvalue weighted by molar-refractivity contribution is 5.76. The van der Waals surface area contributed by atoms with Crippen LogP contribution in [0.5, 0.6) is 17.2 Å². The summed E-state index contributed by atoms with van der Waals surface area (Å²) in [6.07, 6.45) is 3.17. The fourth-order valence-corrected chi connectivity index (χ4v) is 4.00. The molecule has 2 aromatic rings. The molecule has 1 fully saturated rings. The Bertz CT molecular complexity index is 800. The molecule has 0 aliphatic carbocycles. The zero-order chi connectivity index (χ0) is 21.3. The van der Waals surface area contributed by atoms with Gasteiger partial charge in [-0.2, -0.15) is 0 Å². The number of carbonyl (C=O) groups is 1. The molecule has 6 nitrogen and oxygen atoms in total. The van der Waals surface area contributed by atoms with Crippen LogP contribution in [0.1, 0.15) is 30.4 Å². The molecule has 1 atom stereocenters. The monoisotopic (exact) mass is 412 g/mol. The van der Waals surface area contributed by atoms with E-state index in [2.05, 4.69) is 34.5 Å². The number of nitrogens with zero attached hydrogens (tertiary/aromatic N) is 1. The van der Waals surface area contributed by atoms with Gasteiger partial charge in [0.15, 0.2) is 11.5 Å². The summed E-state index contributed by atoms with van der Waals surface area (Å²) in [6, 6.07) is 14.5. The second-order valence-electron chi connectivity index (χ2n) is 7.66. The van der Waals surface area contributed by atoms with E-state index in [9.17, 15) is 4.79 Å². The molecule has 0 radical (unpaired) electrons. The molecule has 0 saturated carbocycles. The number of carbonyl (C=O) groups excluding carboxylic acids is 1. The molecule has 1 aliphatic heterocycles. The number of ether oxygens (including phenoxy) is 3. The molecule has 0 aromatic heterocycles. The number of rotatable bonds is 9. The second-order valence-corrected chi connectivity index (χ2v) is 7.66. The van der Waals surface area contributed by atoms with Crippen molar-refractivity contribution in [2.24, 2.45) is 0 Å². The van der Waals surface area contributed by atoms with Crippen molar-refractivity contribution in [1.29, 1.82) is 0 Å². The number of methoxy groups -OCH3 is 3. The van der Waals surface area contributed by atoms with Crippen LogP contribution < -0.4 is 19.5 Å². The van der Waals surface area contributed by atoms with Gasteiger partial charge in [-0.3, -0.25) is 9.69 Å². The van der Waals surface area contributed by atoms with Crippen molar-refractivity contribution in [2.45, 2.75) is 38.3 Å². The highest BCUT2D eigenvalue weighted by Gasteiger charge is 2.21. The van der Waals surface area contributed by atoms with Gasteiger partial charge in [0, 0.05) is 25.6 Å². The van der Waals surface area contributed by atoms with E-state index in [1.165, 1.54) is 5.56 Å². The number of aryl methyl sites for hydroxylation is 1. The molecule has 1 heterocycles. The van der Waals surface area contributed by atoms with Gasteiger partial charge in [-0.15, -0.1) is 0 Å². The smallest absolute Gasteiger partial charge is 0.220 e. The Kier molecular flexibility index (Phi) is 7.97. The molecule has 2 aromatic carbocycles. The van der Waals surface area contributed by atoms with Crippen LogP contribution in [0, 0.1) is 0 Å². The van der Waals surface area contributed by atoms with E-state index >= 15 is 0 Å². The molecule has 1 saturated heterocycles. The summed E-state index contributed by atoms with van der Waals surface area (Å²) < 4.78 is 16.2. The van der Waals surface area contributed by atoms with E-state index in [0.29, 0.717) is 30.1 Å². The molecule has 3 rings (SSSR count). The van der Waals surface area contributed by atoms with E-state index in [4.69, 9.17) is 14.2 Å². The average molecular weight is 413 g/mol. The Morgan fingerprint density at radius 1 is 1.03 bits per heavy atom. The van der Waals surface area contributed by atoms with Gasteiger partial charge >= 0.3 is 0 Å². The van der Waals surface area contributed by atoms with Crippen LogP contribution >= 0.6 is 0 Å². The van der Waals surface area contributed by atoms with Crippen molar-refractivity contribution >= 4 is 5.91 Å². The zero-order valence-corrected chi connectivity index (χ0v) is 18.1. The fraction of sp³-hybridized carbons (Fsp3) is 0.458. The van der Waals surface area contributed by atoms with Crippen LogP contribution in [0.3, 0.4) is 0 Å². The standard InChI is InChI=1S/C24H32N2O4/c1-28-21-14-19(15-22(29-2)24(21)30-3)11-12-23(27)25-20-10-7-13-26(17-20)16-18-8-5-4-6-9-18/h4-6,8-9,14-15,20H,7,10-13,16-17H2,1-3H3,(H,25,27). The normalized spacial score (nSPS) is 16.7. The van der Waals surface area contributed by atoms with Crippen LogP contribution in [-0.2, 0) is 17.8 Å². The lowest BCUT2D eigenvalue weighted by Crippen LogP contribution is -2.47. The van der Waals surface area contributed by atoms with Gasteiger partial charge in [0.1, 0.15) is 0 Å². The molecule has 0 bridgehead atoms. The largest absolute Gasteiger partial charge is 0.493 e. The Balaban J connectivity index is 1.52. The second kappa shape index (κ2) is 10.9. The molecule has 1 amide bonds. The van der Waals surface area contributed by atoms with Crippen LogP contribution in [0.4, 0.5) is 0 Å². The zero-order valence-electron chi connectivity index (χ0n) is 18.1. The molecule has 6 heteroatoms. The van der Waals surface area contributed by atoms with Crippen LogP contribution in [-0.4, -0.2) is 51.3 Å². The molecule has 1 aliphatic rings. The molecule has 0 spiro atoms. The first kappa shape index (κ1) is 22.0. The lowest BCUT2D eigenvalue weighted by atomic mass is 10.0. The summed E-state index contributed by atoms with van der Waals surface area (Å²) in [5.74, 6) is 1.86. The van der Waals surface area contributed by atoms with Crippen LogP contribution in [0.25, 0.3) is 0 Å². The van der Waals surface area contributed by atoms with Gasteiger partial charge in [-0.05, 0) is 49.1 Å². The number of likely N-dealkylation sites (tertiary alicyclic amines) is 1. The van der Waals surface area contributed by atoms with E-state index in [1.807, 2.05) is 18.2 Å². The maximum absolute atomic E-state index is 12.6. The van der Waals surface area contributed by atoms with Crippen molar-refractivity contribution in [1.82, 2.24) is 10.2 Å². The Morgan fingerprint density at radius 2 is 1.73 bits per heavy atom. The SMILES string of the molecule is COc1cc(CCC(=O)NC2CCCN(Cc3ccccc3)C2)cc(OC)c1OC. The first-order chi connectivity index (χ1) is 14.6. The predicted molar refractivity (Wildman–Crippen MR) is 117 cm³/mol. The summed E-state index contributed by atoms with van der Waals surface area (Å²) in [5, 5.41) is 3.22. The predicted octanol–water partition coefficient (Wildman–Crippen LogP) is 3.43. The van der Waals surface area contributed by atoms with E-state index in [1.54, 1.807) is 21.3 Å². The minimum Gasteiger partial charge on any atom is -0.493 e. The highest BCUT2D eigenvalue weighted by Crippen LogP contribution is 2.38. The number of hydrogen-bond acceptors (Lipinski definition) is 5. The summed E-state index contributed by atoms with van der Waals surface area (Å²) in [7, 11) is 4.77. The Hall–Kier alpha value is -2.73. The maximum Gasteiger partial charge on any atom is 0.220 e. The molecular weight excluding hydrogens is 380 g/mol. The molecule has 162 valence electrons. The third-order valence-electron chi connectivity index (χ3n) is 5.48. The van der Waals surface area contributed by atoms with Gasteiger partial charge in [0.2, 0.25) is 11.7 Å². The van der Waals surface area contributed by atoms with Gasteiger partial charge in [0.25, 0.3) is 0 Å². The number of benzene rings is 2. The Morgan fingerprint density at radius 3 is 2.37 bits per heavy atom. The fourth-order valence-electron chi connectivity index (χ4n) is 4.00. The molecular formula is C24H32N2O4.